The van der Waals surface area contributed by atoms with Gasteiger partial charge in [-0.1, -0.05) is 43.3 Å². The molecule has 0 aromatic heterocycles. The Kier molecular flexibility index (Phi) is 2.91. The molecule has 0 aliphatic carbocycles. The molecule has 58 valence electrons. The van der Waals surface area contributed by atoms with Crippen LogP contribution in [0.4, 0.5) is 0 Å². The van der Waals surface area contributed by atoms with Crippen LogP contribution in [0.3, 0.4) is 0 Å². The van der Waals surface area contributed by atoms with Crippen LogP contribution in [0.15, 0.2) is 43.0 Å². The van der Waals surface area contributed by atoms with Crippen molar-refractivity contribution in [3.8, 4) is 0 Å². The van der Waals surface area contributed by atoms with E-state index in [1.807, 2.05) is 12.1 Å². The highest BCUT2D eigenvalue weighted by Gasteiger charge is 2.01. The summed E-state index contributed by atoms with van der Waals surface area (Å²) in [5.74, 6) is 0.524. The zero-order valence-electron chi connectivity index (χ0n) is 6.96. The Morgan fingerprint density at radius 3 is 2.45 bits per heavy atom. The smallest absolute Gasteiger partial charge is 0.00126 e. The van der Waals surface area contributed by atoms with Gasteiger partial charge in [-0.25, -0.2) is 0 Å². The maximum atomic E-state index is 3.81. The lowest BCUT2D eigenvalue weighted by Gasteiger charge is -2.08. The lowest BCUT2D eigenvalue weighted by molar-refractivity contribution is 0.807. The van der Waals surface area contributed by atoms with E-state index in [9.17, 15) is 0 Å². The van der Waals surface area contributed by atoms with Crippen molar-refractivity contribution in [3.63, 3.8) is 0 Å². The molecule has 0 radical (unpaired) electrons. The number of hydrogen-bond acceptors (Lipinski definition) is 0. The molecular weight excluding hydrogens is 132 g/mol. The highest BCUT2D eigenvalue weighted by molar-refractivity contribution is 5.22. The summed E-state index contributed by atoms with van der Waals surface area (Å²) in [5, 5.41) is 0. The first-order chi connectivity index (χ1) is 5.38. The molecule has 0 aliphatic heterocycles. The van der Waals surface area contributed by atoms with Gasteiger partial charge in [-0.2, -0.15) is 0 Å². The van der Waals surface area contributed by atoms with Gasteiger partial charge in [0.2, 0.25) is 0 Å². The molecular formula is C11H14. The molecule has 11 heavy (non-hydrogen) atoms. The van der Waals surface area contributed by atoms with Crippen LogP contribution in [0.25, 0.3) is 0 Å². The second-order valence-electron chi connectivity index (χ2n) is 2.66. The molecule has 0 saturated heterocycles. The van der Waals surface area contributed by atoms with Gasteiger partial charge in [0.25, 0.3) is 0 Å². The van der Waals surface area contributed by atoms with Crippen molar-refractivity contribution in [3.05, 3.63) is 48.6 Å². The van der Waals surface area contributed by atoms with Crippen molar-refractivity contribution in [1.29, 1.82) is 0 Å². The van der Waals surface area contributed by atoms with Crippen LogP contribution in [-0.4, -0.2) is 0 Å². The standard InChI is InChI=1S/C11H14/c1-3-10(4-2)11-8-6-5-7-9-11/h3,5-10H,1,4H2,2H3. The first-order valence-corrected chi connectivity index (χ1v) is 4.06. The predicted octanol–water partition coefficient (Wildman–Crippen LogP) is 3.37. The van der Waals surface area contributed by atoms with Gasteiger partial charge in [0.15, 0.2) is 0 Å². The number of benzene rings is 1. The minimum absolute atomic E-state index is 0.524. The van der Waals surface area contributed by atoms with E-state index in [1.165, 1.54) is 5.56 Å². The van der Waals surface area contributed by atoms with E-state index < -0.39 is 0 Å². The van der Waals surface area contributed by atoms with Gasteiger partial charge in [-0.15, -0.1) is 6.58 Å². The lowest BCUT2D eigenvalue weighted by Crippen LogP contribution is -1.90. The molecule has 0 fully saturated rings. The van der Waals surface area contributed by atoms with Crippen molar-refractivity contribution >= 4 is 0 Å². The number of rotatable bonds is 3. The van der Waals surface area contributed by atoms with Gasteiger partial charge in [-0.05, 0) is 12.0 Å². The SMILES string of the molecule is C=CC(CC)c1ccccc1. The topological polar surface area (TPSA) is 0 Å². The summed E-state index contributed by atoms with van der Waals surface area (Å²) in [6, 6.07) is 10.5. The van der Waals surface area contributed by atoms with E-state index >= 15 is 0 Å². The van der Waals surface area contributed by atoms with Crippen LogP contribution >= 0.6 is 0 Å². The molecule has 1 unspecified atom stereocenters. The van der Waals surface area contributed by atoms with Crippen LogP contribution in [-0.2, 0) is 0 Å². The summed E-state index contributed by atoms with van der Waals surface area (Å²) in [6.45, 7) is 5.99. The molecule has 1 atom stereocenters. The second kappa shape index (κ2) is 3.97. The van der Waals surface area contributed by atoms with Crippen LogP contribution in [0.1, 0.15) is 24.8 Å². The Labute approximate surface area is 68.6 Å². The Hall–Kier alpha value is -1.04. The Morgan fingerprint density at radius 2 is 2.00 bits per heavy atom. The van der Waals surface area contributed by atoms with Crippen LogP contribution in [0.5, 0.6) is 0 Å². The maximum Gasteiger partial charge on any atom is 0.00126 e. The highest BCUT2D eigenvalue weighted by Crippen LogP contribution is 2.19. The fourth-order valence-electron chi connectivity index (χ4n) is 1.24. The summed E-state index contributed by atoms with van der Waals surface area (Å²) in [5.41, 5.74) is 1.37. The minimum Gasteiger partial charge on any atom is -0.102 e. The molecule has 0 spiro atoms. The molecule has 1 rings (SSSR count). The van der Waals surface area contributed by atoms with Gasteiger partial charge >= 0.3 is 0 Å². The predicted molar refractivity (Wildman–Crippen MR) is 49.7 cm³/mol. The number of allylic oxidation sites excluding steroid dienone is 1. The van der Waals surface area contributed by atoms with Crippen molar-refractivity contribution in [2.45, 2.75) is 19.3 Å². The lowest BCUT2D eigenvalue weighted by atomic mass is 9.97. The quantitative estimate of drug-likeness (QED) is 0.573. The summed E-state index contributed by atoms with van der Waals surface area (Å²) >= 11 is 0. The molecule has 0 heteroatoms. The van der Waals surface area contributed by atoms with Gasteiger partial charge < -0.3 is 0 Å². The van der Waals surface area contributed by atoms with Gasteiger partial charge in [0.1, 0.15) is 0 Å². The third kappa shape index (κ3) is 1.94. The molecule has 0 aliphatic rings. The van der Waals surface area contributed by atoms with Crippen LogP contribution in [0.2, 0.25) is 0 Å². The third-order valence-corrected chi connectivity index (χ3v) is 1.95. The molecule has 0 saturated carbocycles. The summed E-state index contributed by atoms with van der Waals surface area (Å²) in [4.78, 5) is 0. The average molecular weight is 146 g/mol. The van der Waals surface area contributed by atoms with Crippen molar-refractivity contribution in [2.24, 2.45) is 0 Å². The Morgan fingerprint density at radius 1 is 1.36 bits per heavy atom. The summed E-state index contributed by atoms with van der Waals surface area (Å²) in [7, 11) is 0. The van der Waals surface area contributed by atoms with E-state index in [-0.39, 0.29) is 0 Å². The average Bonchev–Trinajstić information content (AvgIpc) is 2.09. The van der Waals surface area contributed by atoms with Crippen LogP contribution < -0.4 is 0 Å². The molecule has 0 nitrogen and oxygen atoms in total. The summed E-state index contributed by atoms with van der Waals surface area (Å²) in [6.07, 6.45) is 3.14. The zero-order chi connectivity index (χ0) is 8.10. The van der Waals surface area contributed by atoms with Gasteiger partial charge in [0.05, 0.1) is 0 Å². The van der Waals surface area contributed by atoms with E-state index in [0.29, 0.717) is 5.92 Å². The van der Waals surface area contributed by atoms with Gasteiger partial charge in [0, 0.05) is 5.92 Å². The van der Waals surface area contributed by atoms with Gasteiger partial charge in [-0.3, -0.25) is 0 Å². The first kappa shape index (κ1) is 8.06. The first-order valence-electron chi connectivity index (χ1n) is 4.06. The molecule has 0 amide bonds. The van der Waals surface area contributed by atoms with E-state index in [4.69, 9.17) is 0 Å². The van der Waals surface area contributed by atoms with E-state index in [1.54, 1.807) is 0 Å². The zero-order valence-corrected chi connectivity index (χ0v) is 6.96. The summed E-state index contributed by atoms with van der Waals surface area (Å²) < 4.78 is 0. The molecule has 0 heterocycles. The third-order valence-electron chi connectivity index (χ3n) is 1.95. The van der Waals surface area contributed by atoms with Crippen molar-refractivity contribution in [2.75, 3.05) is 0 Å². The highest BCUT2D eigenvalue weighted by atomic mass is 14.1. The van der Waals surface area contributed by atoms with Crippen molar-refractivity contribution < 1.29 is 0 Å². The molecule has 0 bridgehead atoms. The monoisotopic (exact) mass is 146 g/mol. The Balaban J connectivity index is 2.82. The Bertz CT molecular complexity index is 211. The normalized spacial score (nSPS) is 12.5. The minimum atomic E-state index is 0.524. The fourth-order valence-corrected chi connectivity index (χ4v) is 1.24. The van der Waals surface area contributed by atoms with E-state index in [0.717, 1.165) is 6.42 Å². The largest absolute Gasteiger partial charge is 0.102 e. The fraction of sp³-hybridized carbons (Fsp3) is 0.273. The van der Waals surface area contributed by atoms with E-state index in [2.05, 4.69) is 37.8 Å². The second-order valence-corrected chi connectivity index (χ2v) is 2.66. The van der Waals surface area contributed by atoms with Crippen molar-refractivity contribution in [1.82, 2.24) is 0 Å². The molecule has 0 N–H and O–H groups in total. The van der Waals surface area contributed by atoms with Crippen LogP contribution in [0, 0.1) is 0 Å². The molecule has 1 aromatic rings. The maximum absolute atomic E-state index is 3.81. The number of hydrogen-bond donors (Lipinski definition) is 0. The molecule has 1 aromatic carbocycles.